The van der Waals surface area contributed by atoms with Crippen LogP contribution in [0.4, 0.5) is 0 Å². The molecule has 1 atom stereocenters. The van der Waals surface area contributed by atoms with Crippen LogP contribution in [-0.2, 0) is 21.2 Å². The maximum Gasteiger partial charge on any atom is 0.304 e. The van der Waals surface area contributed by atoms with Gasteiger partial charge in [0.05, 0.1) is 17.9 Å². The molecule has 1 saturated heterocycles. The number of rotatable bonds is 5. The summed E-state index contributed by atoms with van der Waals surface area (Å²) >= 11 is 0. The van der Waals surface area contributed by atoms with Crippen LogP contribution in [0, 0.1) is 6.92 Å². The van der Waals surface area contributed by atoms with E-state index in [1.165, 1.54) is 0 Å². The normalized spacial score (nSPS) is 22.8. The van der Waals surface area contributed by atoms with Crippen molar-refractivity contribution in [3.05, 3.63) is 18.2 Å². The molecule has 0 spiro atoms. The number of hydrogen-bond acceptors (Lipinski definition) is 5. The summed E-state index contributed by atoms with van der Waals surface area (Å²) in [6.07, 6.45) is 3.44. The number of aryl methyl sites for hydroxylation is 1. The molecule has 1 N–H and O–H groups in total. The van der Waals surface area contributed by atoms with Crippen LogP contribution < -0.4 is 0 Å². The third-order valence-electron chi connectivity index (χ3n) is 3.61. The minimum absolute atomic E-state index is 0.0673. The van der Waals surface area contributed by atoms with Crippen LogP contribution in [-0.4, -0.2) is 64.6 Å². The fourth-order valence-electron chi connectivity index (χ4n) is 2.48. The van der Waals surface area contributed by atoms with Gasteiger partial charge in [-0.3, -0.25) is 9.69 Å². The Balaban J connectivity index is 2.01. The van der Waals surface area contributed by atoms with Gasteiger partial charge in [-0.2, -0.15) is 0 Å². The van der Waals surface area contributed by atoms with Crippen molar-refractivity contribution in [1.82, 2.24) is 14.5 Å². The minimum atomic E-state index is -3.11. The van der Waals surface area contributed by atoms with Crippen LogP contribution in [0.3, 0.4) is 0 Å². The van der Waals surface area contributed by atoms with E-state index in [4.69, 9.17) is 5.11 Å². The summed E-state index contributed by atoms with van der Waals surface area (Å²) < 4.78 is 25.3. The zero-order valence-corrected chi connectivity index (χ0v) is 12.2. The Labute approximate surface area is 118 Å². The van der Waals surface area contributed by atoms with Gasteiger partial charge in [0.15, 0.2) is 9.84 Å². The molecule has 1 aliphatic rings. The SMILES string of the molecule is Cc1nccn1CCN1CCS(=O)(=O)CC1CC(=O)O. The van der Waals surface area contributed by atoms with Gasteiger partial charge < -0.3 is 9.67 Å². The minimum Gasteiger partial charge on any atom is -0.481 e. The predicted molar refractivity (Wildman–Crippen MR) is 73.2 cm³/mol. The van der Waals surface area contributed by atoms with Gasteiger partial charge in [-0.05, 0) is 6.92 Å². The highest BCUT2D eigenvalue weighted by Crippen LogP contribution is 2.15. The maximum atomic E-state index is 11.6. The summed E-state index contributed by atoms with van der Waals surface area (Å²) in [6.45, 7) is 3.61. The fraction of sp³-hybridized carbons (Fsp3) is 0.667. The average Bonchev–Trinajstić information content (AvgIpc) is 2.72. The summed E-state index contributed by atoms with van der Waals surface area (Å²) in [6, 6.07) is -0.435. The number of carboxylic acids is 1. The van der Waals surface area contributed by atoms with Crippen molar-refractivity contribution in [3.63, 3.8) is 0 Å². The van der Waals surface area contributed by atoms with E-state index in [0.29, 0.717) is 19.6 Å². The molecule has 0 saturated carbocycles. The molecular weight excluding hydrogens is 282 g/mol. The zero-order chi connectivity index (χ0) is 14.8. The van der Waals surface area contributed by atoms with Gasteiger partial charge in [0.1, 0.15) is 5.82 Å². The number of aromatic nitrogens is 2. The Morgan fingerprint density at radius 3 is 2.85 bits per heavy atom. The van der Waals surface area contributed by atoms with Crippen LogP contribution >= 0.6 is 0 Å². The Kier molecular flexibility index (Phi) is 4.44. The van der Waals surface area contributed by atoms with Gasteiger partial charge in [0.2, 0.25) is 0 Å². The van der Waals surface area contributed by atoms with Gasteiger partial charge in [0.25, 0.3) is 0 Å². The van der Waals surface area contributed by atoms with E-state index in [1.807, 2.05) is 22.6 Å². The average molecular weight is 301 g/mol. The molecule has 8 heteroatoms. The number of imidazole rings is 1. The molecule has 112 valence electrons. The molecular formula is C12H19N3O4S. The zero-order valence-electron chi connectivity index (χ0n) is 11.4. The van der Waals surface area contributed by atoms with Crippen LogP contribution in [0.15, 0.2) is 12.4 Å². The summed E-state index contributed by atoms with van der Waals surface area (Å²) in [5, 5.41) is 8.91. The van der Waals surface area contributed by atoms with Crippen molar-refractivity contribution >= 4 is 15.8 Å². The first-order valence-corrected chi connectivity index (χ1v) is 8.33. The van der Waals surface area contributed by atoms with Crippen molar-refractivity contribution in [2.45, 2.75) is 25.9 Å². The van der Waals surface area contributed by atoms with E-state index in [1.54, 1.807) is 6.20 Å². The van der Waals surface area contributed by atoms with Crippen molar-refractivity contribution in [2.24, 2.45) is 0 Å². The molecule has 0 aromatic carbocycles. The van der Waals surface area contributed by atoms with Gasteiger partial charge >= 0.3 is 5.97 Å². The lowest BCUT2D eigenvalue weighted by molar-refractivity contribution is -0.138. The lowest BCUT2D eigenvalue weighted by Crippen LogP contribution is -2.50. The van der Waals surface area contributed by atoms with Crippen molar-refractivity contribution < 1.29 is 18.3 Å². The second-order valence-electron chi connectivity index (χ2n) is 5.07. The molecule has 2 rings (SSSR count). The van der Waals surface area contributed by atoms with Crippen LogP contribution in [0.2, 0.25) is 0 Å². The first-order valence-electron chi connectivity index (χ1n) is 6.51. The molecule has 20 heavy (non-hydrogen) atoms. The fourth-order valence-corrected chi connectivity index (χ4v) is 4.08. The first-order chi connectivity index (χ1) is 9.37. The lowest BCUT2D eigenvalue weighted by atomic mass is 10.2. The van der Waals surface area contributed by atoms with Crippen molar-refractivity contribution in [2.75, 3.05) is 24.6 Å². The van der Waals surface area contributed by atoms with Gasteiger partial charge in [-0.15, -0.1) is 0 Å². The smallest absolute Gasteiger partial charge is 0.304 e. The van der Waals surface area contributed by atoms with Crippen LogP contribution in [0.25, 0.3) is 0 Å². The molecule has 2 heterocycles. The number of sulfone groups is 1. The van der Waals surface area contributed by atoms with Crippen LogP contribution in [0.1, 0.15) is 12.2 Å². The summed E-state index contributed by atoms with van der Waals surface area (Å²) in [5.74, 6) is -0.0332. The van der Waals surface area contributed by atoms with Gasteiger partial charge in [0, 0.05) is 38.1 Å². The van der Waals surface area contributed by atoms with E-state index in [9.17, 15) is 13.2 Å². The molecule has 0 aliphatic carbocycles. The number of hydrogen-bond donors (Lipinski definition) is 1. The van der Waals surface area contributed by atoms with Crippen LogP contribution in [0.5, 0.6) is 0 Å². The predicted octanol–water partition coefficient (Wildman–Crippen LogP) is -0.235. The third kappa shape index (κ3) is 3.80. The topological polar surface area (TPSA) is 92.5 Å². The molecule has 7 nitrogen and oxygen atoms in total. The third-order valence-corrected chi connectivity index (χ3v) is 5.31. The molecule has 1 unspecified atom stereocenters. The highest BCUT2D eigenvalue weighted by molar-refractivity contribution is 7.91. The largest absolute Gasteiger partial charge is 0.481 e. The maximum absolute atomic E-state index is 11.6. The standard InChI is InChI=1S/C12H19N3O4S/c1-10-13-2-3-14(10)4-5-15-6-7-20(18,19)9-11(15)8-12(16)17/h2-3,11H,4-9H2,1H3,(H,16,17). The van der Waals surface area contributed by atoms with E-state index < -0.39 is 21.8 Å². The molecule has 1 aliphatic heterocycles. The van der Waals surface area contributed by atoms with Crippen molar-refractivity contribution in [3.8, 4) is 0 Å². The molecule has 0 amide bonds. The molecule has 1 aromatic heterocycles. The van der Waals surface area contributed by atoms with E-state index in [-0.39, 0.29) is 17.9 Å². The molecule has 1 aromatic rings. The summed E-state index contributed by atoms with van der Waals surface area (Å²) in [4.78, 5) is 17.0. The highest BCUT2D eigenvalue weighted by atomic mass is 32.2. The second-order valence-corrected chi connectivity index (χ2v) is 7.30. The van der Waals surface area contributed by atoms with Gasteiger partial charge in [-0.25, -0.2) is 13.4 Å². The number of aliphatic carboxylic acids is 1. The van der Waals surface area contributed by atoms with E-state index in [2.05, 4.69) is 4.98 Å². The Morgan fingerprint density at radius 2 is 2.25 bits per heavy atom. The summed E-state index contributed by atoms with van der Waals surface area (Å²) in [5.41, 5.74) is 0. The highest BCUT2D eigenvalue weighted by Gasteiger charge is 2.32. The molecule has 0 radical (unpaired) electrons. The number of nitrogens with zero attached hydrogens (tertiary/aromatic N) is 3. The Morgan fingerprint density at radius 1 is 1.50 bits per heavy atom. The van der Waals surface area contributed by atoms with Crippen molar-refractivity contribution in [1.29, 1.82) is 0 Å². The molecule has 0 bridgehead atoms. The molecule has 1 fully saturated rings. The second kappa shape index (κ2) is 5.92. The lowest BCUT2D eigenvalue weighted by Gasteiger charge is -2.34. The Bertz CT molecular complexity index is 581. The number of carboxylic acid groups (broad SMARTS) is 1. The van der Waals surface area contributed by atoms with Gasteiger partial charge in [-0.1, -0.05) is 0 Å². The monoisotopic (exact) mass is 301 g/mol. The number of carbonyl (C=O) groups is 1. The first kappa shape index (κ1) is 15.0. The quantitative estimate of drug-likeness (QED) is 0.807. The van der Waals surface area contributed by atoms with E-state index >= 15 is 0 Å². The Hall–Kier alpha value is -1.41. The summed E-state index contributed by atoms with van der Waals surface area (Å²) in [7, 11) is -3.11. The van der Waals surface area contributed by atoms with E-state index in [0.717, 1.165) is 5.82 Å².